The quantitative estimate of drug-likeness (QED) is 0.382. The van der Waals surface area contributed by atoms with E-state index in [2.05, 4.69) is 5.92 Å². The summed E-state index contributed by atoms with van der Waals surface area (Å²) < 4.78 is 5.19. The summed E-state index contributed by atoms with van der Waals surface area (Å²) >= 11 is 0. The molecule has 0 atom stereocenters. The zero-order chi connectivity index (χ0) is 11.7. The van der Waals surface area contributed by atoms with Gasteiger partial charge in [0.1, 0.15) is 5.60 Å². The van der Waals surface area contributed by atoms with Gasteiger partial charge in [0.05, 0.1) is 0 Å². The molecule has 0 rings (SSSR count). The summed E-state index contributed by atoms with van der Waals surface area (Å²) in [4.78, 5) is 11.3. The predicted molar refractivity (Wildman–Crippen MR) is 62.4 cm³/mol. The van der Waals surface area contributed by atoms with E-state index >= 15 is 0 Å². The Kier molecular flexibility index (Phi) is 6.86. The van der Waals surface area contributed by atoms with Crippen LogP contribution in [0.1, 0.15) is 59.3 Å². The largest absolute Gasteiger partial charge is 0.460 e. The van der Waals surface area contributed by atoms with Crippen LogP contribution >= 0.6 is 0 Å². The second-order valence-corrected chi connectivity index (χ2v) is 4.70. The lowest BCUT2D eigenvalue weighted by Crippen LogP contribution is -2.23. The summed E-state index contributed by atoms with van der Waals surface area (Å²) in [5, 5.41) is 0. The summed E-state index contributed by atoms with van der Waals surface area (Å²) in [6.45, 7) is 5.66. The van der Waals surface area contributed by atoms with E-state index in [1.54, 1.807) is 0 Å². The Morgan fingerprint density at radius 3 is 2.33 bits per heavy atom. The first kappa shape index (κ1) is 14.0. The van der Waals surface area contributed by atoms with E-state index in [9.17, 15) is 4.79 Å². The minimum atomic E-state index is -0.361. The van der Waals surface area contributed by atoms with Gasteiger partial charge in [0.25, 0.3) is 0 Å². The third-order valence-corrected chi connectivity index (χ3v) is 1.87. The molecule has 15 heavy (non-hydrogen) atoms. The summed E-state index contributed by atoms with van der Waals surface area (Å²) in [5.74, 6) is 2.51. The topological polar surface area (TPSA) is 26.3 Å². The first-order valence-electron chi connectivity index (χ1n) is 5.61. The van der Waals surface area contributed by atoms with Crippen molar-refractivity contribution in [3.05, 3.63) is 0 Å². The molecule has 0 aliphatic rings. The standard InChI is InChI=1S/C13H22O2/c1-5-6-7-8-9-10-11-12(14)15-13(2,3)4/h1H,6-11H2,2-4H3. The van der Waals surface area contributed by atoms with Gasteiger partial charge in [0.2, 0.25) is 0 Å². The van der Waals surface area contributed by atoms with Crippen molar-refractivity contribution >= 4 is 5.97 Å². The molecule has 0 bridgehead atoms. The van der Waals surface area contributed by atoms with E-state index < -0.39 is 0 Å². The van der Waals surface area contributed by atoms with Crippen molar-refractivity contribution < 1.29 is 9.53 Å². The van der Waals surface area contributed by atoms with Gasteiger partial charge in [-0.1, -0.05) is 12.8 Å². The molecular formula is C13H22O2. The Bertz CT molecular complexity index is 218. The summed E-state index contributed by atoms with van der Waals surface area (Å²) in [5.41, 5.74) is -0.361. The molecule has 0 aromatic carbocycles. The third-order valence-electron chi connectivity index (χ3n) is 1.87. The molecular weight excluding hydrogens is 188 g/mol. The monoisotopic (exact) mass is 210 g/mol. The highest BCUT2D eigenvalue weighted by molar-refractivity contribution is 5.69. The highest BCUT2D eigenvalue weighted by Crippen LogP contribution is 2.11. The average Bonchev–Trinajstić information content (AvgIpc) is 2.08. The van der Waals surface area contributed by atoms with Crippen molar-refractivity contribution in [1.29, 1.82) is 0 Å². The van der Waals surface area contributed by atoms with Gasteiger partial charge in [-0.05, 0) is 33.6 Å². The lowest BCUT2D eigenvalue weighted by molar-refractivity contribution is -0.154. The highest BCUT2D eigenvalue weighted by atomic mass is 16.6. The van der Waals surface area contributed by atoms with Gasteiger partial charge in [-0.25, -0.2) is 0 Å². The number of hydrogen-bond acceptors (Lipinski definition) is 2. The van der Waals surface area contributed by atoms with Crippen molar-refractivity contribution in [3.63, 3.8) is 0 Å². The van der Waals surface area contributed by atoms with E-state index in [-0.39, 0.29) is 11.6 Å². The van der Waals surface area contributed by atoms with E-state index in [1.165, 1.54) is 0 Å². The number of unbranched alkanes of at least 4 members (excludes halogenated alkanes) is 4. The molecule has 0 radical (unpaired) electrons. The molecule has 0 amide bonds. The Labute approximate surface area is 93.4 Å². The molecule has 0 saturated carbocycles. The number of carbonyl (C=O) groups is 1. The molecule has 0 fully saturated rings. The van der Waals surface area contributed by atoms with Gasteiger partial charge in [-0.15, -0.1) is 12.3 Å². The molecule has 2 heteroatoms. The summed E-state index contributed by atoms with van der Waals surface area (Å²) in [6, 6.07) is 0. The van der Waals surface area contributed by atoms with Crippen molar-refractivity contribution in [3.8, 4) is 12.3 Å². The zero-order valence-corrected chi connectivity index (χ0v) is 10.1. The fourth-order valence-electron chi connectivity index (χ4n) is 1.24. The second-order valence-electron chi connectivity index (χ2n) is 4.70. The van der Waals surface area contributed by atoms with Crippen LogP contribution in [0.4, 0.5) is 0 Å². The summed E-state index contributed by atoms with van der Waals surface area (Å²) in [6.07, 6.45) is 10.6. The minimum absolute atomic E-state index is 0.0977. The Morgan fingerprint density at radius 2 is 1.80 bits per heavy atom. The maximum atomic E-state index is 11.3. The highest BCUT2D eigenvalue weighted by Gasteiger charge is 2.15. The van der Waals surface area contributed by atoms with Crippen molar-refractivity contribution in [2.45, 2.75) is 64.9 Å². The SMILES string of the molecule is C#CCCCCCCC(=O)OC(C)(C)C. The summed E-state index contributed by atoms with van der Waals surface area (Å²) in [7, 11) is 0. The van der Waals surface area contributed by atoms with E-state index in [0.717, 1.165) is 32.1 Å². The fourth-order valence-corrected chi connectivity index (χ4v) is 1.24. The molecule has 0 heterocycles. The van der Waals surface area contributed by atoms with Crippen LogP contribution in [-0.4, -0.2) is 11.6 Å². The van der Waals surface area contributed by atoms with Gasteiger partial charge in [-0.2, -0.15) is 0 Å². The van der Waals surface area contributed by atoms with Gasteiger partial charge in [0.15, 0.2) is 0 Å². The van der Waals surface area contributed by atoms with Crippen LogP contribution in [0.5, 0.6) is 0 Å². The van der Waals surface area contributed by atoms with E-state index in [4.69, 9.17) is 11.2 Å². The number of hydrogen-bond donors (Lipinski definition) is 0. The lowest BCUT2D eigenvalue weighted by Gasteiger charge is -2.19. The normalized spacial score (nSPS) is 10.8. The van der Waals surface area contributed by atoms with Gasteiger partial charge in [0, 0.05) is 12.8 Å². The van der Waals surface area contributed by atoms with Crippen LogP contribution in [0.25, 0.3) is 0 Å². The average molecular weight is 210 g/mol. The number of esters is 1. The fraction of sp³-hybridized carbons (Fsp3) is 0.769. The minimum Gasteiger partial charge on any atom is -0.460 e. The first-order chi connectivity index (χ1) is 6.95. The Balaban J connectivity index is 3.37. The molecule has 0 N–H and O–H groups in total. The van der Waals surface area contributed by atoms with Crippen LogP contribution in [0, 0.1) is 12.3 Å². The molecule has 0 aliphatic carbocycles. The zero-order valence-electron chi connectivity index (χ0n) is 10.1. The molecule has 0 aromatic heterocycles. The van der Waals surface area contributed by atoms with Crippen molar-refractivity contribution in [2.24, 2.45) is 0 Å². The molecule has 0 unspecified atom stereocenters. The van der Waals surface area contributed by atoms with Crippen LogP contribution < -0.4 is 0 Å². The van der Waals surface area contributed by atoms with Crippen molar-refractivity contribution in [1.82, 2.24) is 0 Å². The second kappa shape index (κ2) is 7.34. The van der Waals surface area contributed by atoms with E-state index in [1.807, 2.05) is 20.8 Å². The maximum Gasteiger partial charge on any atom is 0.306 e. The number of carbonyl (C=O) groups excluding carboxylic acids is 1. The first-order valence-corrected chi connectivity index (χ1v) is 5.61. The van der Waals surface area contributed by atoms with Crippen LogP contribution in [0.2, 0.25) is 0 Å². The molecule has 0 saturated heterocycles. The smallest absolute Gasteiger partial charge is 0.306 e. The van der Waals surface area contributed by atoms with Gasteiger partial charge >= 0.3 is 5.97 Å². The molecule has 0 aliphatic heterocycles. The van der Waals surface area contributed by atoms with Crippen LogP contribution in [0.15, 0.2) is 0 Å². The van der Waals surface area contributed by atoms with Crippen LogP contribution in [-0.2, 0) is 9.53 Å². The van der Waals surface area contributed by atoms with E-state index in [0.29, 0.717) is 6.42 Å². The van der Waals surface area contributed by atoms with Crippen molar-refractivity contribution in [2.75, 3.05) is 0 Å². The molecule has 0 spiro atoms. The number of rotatable bonds is 6. The van der Waals surface area contributed by atoms with Gasteiger partial charge < -0.3 is 4.74 Å². The Hall–Kier alpha value is -0.970. The number of ether oxygens (including phenoxy) is 1. The predicted octanol–water partition coefficient (Wildman–Crippen LogP) is 3.30. The lowest BCUT2D eigenvalue weighted by atomic mass is 10.1. The van der Waals surface area contributed by atoms with Crippen LogP contribution in [0.3, 0.4) is 0 Å². The molecule has 86 valence electrons. The Morgan fingerprint density at radius 1 is 1.20 bits per heavy atom. The molecule has 0 aromatic rings. The molecule has 2 nitrogen and oxygen atoms in total. The third kappa shape index (κ3) is 11.0. The number of terminal acetylenes is 1. The van der Waals surface area contributed by atoms with Gasteiger partial charge in [-0.3, -0.25) is 4.79 Å². The maximum absolute atomic E-state index is 11.3.